The molecule has 0 spiro atoms. The summed E-state index contributed by atoms with van der Waals surface area (Å²) in [5.41, 5.74) is 0.841. The predicted molar refractivity (Wildman–Crippen MR) is 146 cm³/mol. The van der Waals surface area contributed by atoms with E-state index < -0.39 is 11.9 Å². The van der Waals surface area contributed by atoms with Crippen molar-refractivity contribution in [3.8, 4) is 11.5 Å². The zero-order valence-electron chi connectivity index (χ0n) is 22.9. The monoisotopic (exact) mass is 527 g/mol. The Bertz CT molecular complexity index is 1040. The van der Waals surface area contributed by atoms with Crippen LogP contribution >= 0.6 is 0 Å². The first-order valence-electron chi connectivity index (χ1n) is 13.5. The van der Waals surface area contributed by atoms with Crippen molar-refractivity contribution >= 4 is 18.0 Å². The van der Waals surface area contributed by atoms with E-state index in [0.717, 1.165) is 12.8 Å². The van der Waals surface area contributed by atoms with E-state index in [-0.39, 0.29) is 12.3 Å². The lowest BCUT2D eigenvalue weighted by molar-refractivity contribution is -0.618. The molecule has 2 rings (SSSR count). The largest absolute Gasteiger partial charge is 0.618 e. The lowest BCUT2D eigenvalue weighted by atomic mass is 10.1. The van der Waals surface area contributed by atoms with Gasteiger partial charge in [0, 0.05) is 18.2 Å². The smallest absolute Gasteiger partial charge is 0.337 e. The number of benzene rings is 1. The number of hydrogen-bond donors (Lipinski definition) is 0. The van der Waals surface area contributed by atoms with Crippen LogP contribution in [-0.2, 0) is 20.9 Å². The van der Waals surface area contributed by atoms with Crippen molar-refractivity contribution in [1.82, 2.24) is 0 Å². The molecule has 0 unspecified atom stereocenters. The Hall–Kier alpha value is -3.55. The third kappa shape index (κ3) is 10.8. The van der Waals surface area contributed by atoms with Crippen molar-refractivity contribution < 1.29 is 33.3 Å². The van der Waals surface area contributed by atoms with Gasteiger partial charge < -0.3 is 24.2 Å². The van der Waals surface area contributed by atoms with Gasteiger partial charge in [0.25, 0.3) is 5.69 Å². The third-order valence-electron chi connectivity index (χ3n) is 6.13. The van der Waals surface area contributed by atoms with Gasteiger partial charge in [0.1, 0.15) is 5.75 Å². The molecule has 38 heavy (non-hydrogen) atoms. The summed E-state index contributed by atoms with van der Waals surface area (Å²) in [4.78, 5) is 23.4. The Kier molecular flexibility index (Phi) is 14.4. The van der Waals surface area contributed by atoms with Crippen LogP contribution in [0.4, 0.5) is 0 Å². The van der Waals surface area contributed by atoms with Gasteiger partial charge in [-0.3, -0.25) is 0 Å². The Labute approximate surface area is 226 Å². The number of nitrogens with zero attached hydrogens (tertiary/aromatic N) is 1. The van der Waals surface area contributed by atoms with E-state index in [1.54, 1.807) is 36.4 Å². The second-order valence-corrected chi connectivity index (χ2v) is 9.06. The molecule has 0 saturated carbocycles. The first-order chi connectivity index (χ1) is 18.5. The molecule has 0 amide bonds. The number of methoxy groups -OCH3 is 2. The maximum absolute atomic E-state index is 13.1. The number of esters is 2. The summed E-state index contributed by atoms with van der Waals surface area (Å²) in [5, 5.41) is 13.1. The van der Waals surface area contributed by atoms with Gasteiger partial charge >= 0.3 is 11.9 Å². The van der Waals surface area contributed by atoms with Crippen molar-refractivity contribution in [2.75, 3.05) is 20.8 Å². The molecule has 1 aromatic carbocycles. The van der Waals surface area contributed by atoms with Gasteiger partial charge in [0.15, 0.2) is 12.4 Å². The summed E-state index contributed by atoms with van der Waals surface area (Å²) in [6.45, 7) is 2.66. The third-order valence-corrected chi connectivity index (χ3v) is 6.13. The van der Waals surface area contributed by atoms with Crippen LogP contribution in [0.3, 0.4) is 0 Å². The molecule has 8 heteroatoms. The summed E-state index contributed by atoms with van der Waals surface area (Å²) < 4.78 is 21.7. The highest BCUT2D eigenvalue weighted by Crippen LogP contribution is 2.20. The number of ether oxygens (including phenoxy) is 4. The van der Waals surface area contributed by atoms with Gasteiger partial charge in [-0.15, -0.1) is 0 Å². The number of carbonyl (C=O) groups is 2. The Morgan fingerprint density at radius 3 is 2.21 bits per heavy atom. The van der Waals surface area contributed by atoms with Crippen molar-refractivity contribution in [3.63, 3.8) is 0 Å². The van der Waals surface area contributed by atoms with Gasteiger partial charge in [0.05, 0.1) is 26.4 Å². The van der Waals surface area contributed by atoms with Crippen LogP contribution in [0.25, 0.3) is 6.08 Å². The predicted octanol–water partition coefficient (Wildman–Crippen LogP) is 6.17. The van der Waals surface area contributed by atoms with Crippen LogP contribution in [0.15, 0.2) is 42.5 Å². The molecule has 208 valence electrons. The minimum atomic E-state index is -0.577. The number of unbranched alkanes of at least 4 members (excludes halogenated alkanes) is 9. The lowest BCUT2D eigenvalue weighted by Gasteiger charge is -2.13. The SMILES string of the molecule is CCCCCCCCCCCCOc1ccc(COc2cccc(C(=O)OC)c2)[n+]([O-])c1/C=C/C(=O)OC. The second-order valence-electron chi connectivity index (χ2n) is 9.06. The highest BCUT2D eigenvalue weighted by atomic mass is 16.5. The van der Waals surface area contributed by atoms with Crippen molar-refractivity contribution in [1.29, 1.82) is 0 Å². The summed E-state index contributed by atoms with van der Waals surface area (Å²) in [6, 6.07) is 9.84. The average Bonchev–Trinajstić information content (AvgIpc) is 2.94. The second kappa shape index (κ2) is 17.8. The molecule has 1 aromatic heterocycles. The number of aromatic nitrogens is 1. The number of hydrogen-bond acceptors (Lipinski definition) is 7. The van der Waals surface area contributed by atoms with E-state index in [9.17, 15) is 14.8 Å². The molecule has 0 N–H and O–H groups in total. The lowest BCUT2D eigenvalue weighted by Crippen LogP contribution is -2.36. The first kappa shape index (κ1) is 30.7. The Morgan fingerprint density at radius 1 is 0.868 bits per heavy atom. The Morgan fingerprint density at radius 2 is 1.55 bits per heavy atom. The number of rotatable bonds is 18. The van der Waals surface area contributed by atoms with E-state index in [1.165, 1.54) is 77.7 Å². The summed E-state index contributed by atoms with van der Waals surface area (Å²) in [5.74, 6) is -0.256. The molecule has 2 aromatic rings. The van der Waals surface area contributed by atoms with Gasteiger partial charge in [0.2, 0.25) is 5.69 Å². The molecule has 1 heterocycles. The fourth-order valence-corrected chi connectivity index (χ4v) is 3.93. The fraction of sp³-hybridized carbons (Fsp3) is 0.500. The van der Waals surface area contributed by atoms with Gasteiger partial charge in [-0.1, -0.05) is 70.8 Å². The molecule has 0 atom stereocenters. The maximum atomic E-state index is 13.1. The molecule has 0 fully saturated rings. The minimum Gasteiger partial charge on any atom is -0.618 e. The molecule has 0 saturated heterocycles. The quantitative estimate of drug-likeness (QED) is 0.0751. The topological polar surface area (TPSA) is 98.0 Å². The van der Waals surface area contributed by atoms with Gasteiger partial charge in [-0.2, -0.15) is 4.73 Å². The van der Waals surface area contributed by atoms with Crippen LogP contribution < -0.4 is 14.2 Å². The standard InChI is InChI=1S/C30H41NO7/c1-4-5-6-7-8-9-10-11-12-13-21-37-28-19-17-25(31(34)27(28)18-20-29(32)35-2)23-38-26-16-14-15-24(22-26)30(33)36-3/h14-20,22H,4-13,21,23H2,1-3H3/b20-18+. The van der Waals surface area contributed by atoms with Crippen LogP contribution in [0.5, 0.6) is 11.5 Å². The highest BCUT2D eigenvalue weighted by molar-refractivity contribution is 5.89. The Balaban J connectivity index is 1.95. The van der Waals surface area contributed by atoms with E-state index >= 15 is 0 Å². The van der Waals surface area contributed by atoms with Crippen LogP contribution in [-0.4, -0.2) is 32.8 Å². The van der Waals surface area contributed by atoms with Crippen LogP contribution in [0.2, 0.25) is 0 Å². The zero-order valence-corrected chi connectivity index (χ0v) is 22.9. The van der Waals surface area contributed by atoms with Crippen molar-refractivity contribution in [2.45, 2.75) is 77.7 Å². The molecule has 0 aliphatic rings. The zero-order chi connectivity index (χ0) is 27.6. The maximum Gasteiger partial charge on any atom is 0.337 e. The molecular formula is C30H41NO7. The fourth-order valence-electron chi connectivity index (χ4n) is 3.93. The summed E-state index contributed by atoms with van der Waals surface area (Å²) in [6.07, 6.45) is 14.8. The van der Waals surface area contributed by atoms with Crippen molar-refractivity contribution in [2.24, 2.45) is 0 Å². The molecular weight excluding hydrogens is 486 g/mol. The van der Waals surface area contributed by atoms with E-state index in [2.05, 4.69) is 11.7 Å². The molecule has 8 nitrogen and oxygen atoms in total. The van der Waals surface area contributed by atoms with Crippen molar-refractivity contribution in [3.05, 3.63) is 64.6 Å². The van der Waals surface area contributed by atoms with E-state index in [4.69, 9.17) is 14.2 Å². The van der Waals surface area contributed by atoms with Gasteiger partial charge in [-0.25, -0.2) is 9.59 Å². The first-order valence-corrected chi connectivity index (χ1v) is 13.5. The van der Waals surface area contributed by atoms with Gasteiger partial charge in [-0.05, 0) is 30.7 Å². The molecule has 0 radical (unpaired) electrons. The normalized spacial score (nSPS) is 10.9. The van der Waals surface area contributed by atoms with E-state index in [0.29, 0.717) is 34.1 Å². The molecule has 0 aliphatic heterocycles. The highest BCUT2D eigenvalue weighted by Gasteiger charge is 2.18. The summed E-state index contributed by atoms with van der Waals surface area (Å²) in [7, 11) is 2.58. The van der Waals surface area contributed by atoms with Crippen LogP contribution in [0.1, 0.15) is 92.9 Å². The number of pyridine rings is 1. The summed E-state index contributed by atoms with van der Waals surface area (Å²) >= 11 is 0. The van der Waals surface area contributed by atoms with E-state index in [1.807, 2.05) is 0 Å². The average molecular weight is 528 g/mol. The molecule has 0 bridgehead atoms. The minimum absolute atomic E-state index is 0.0497. The van der Waals surface area contributed by atoms with Crippen LogP contribution in [0, 0.1) is 5.21 Å². The molecule has 0 aliphatic carbocycles. The number of carbonyl (C=O) groups excluding carboxylic acids is 2.